The SMILES string of the molecule is Cc1c(-c2ncco2)sc2c1c(=O)n(C(C)(C)C(=O)O)c(=O)n2C[C@H](OC1CCC(C)(C)CC1)c1ccccc1. The van der Waals surface area contributed by atoms with Crippen LogP contribution in [0.1, 0.15) is 70.6 Å². The summed E-state index contributed by atoms with van der Waals surface area (Å²) in [6, 6.07) is 9.72. The Morgan fingerprint density at radius 1 is 1.23 bits per heavy atom. The molecule has 10 heteroatoms. The fourth-order valence-corrected chi connectivity index (χ4v) is 6.68. The number of fused-ring (bicyclic) bond motifs is 1. The van der Waals surface area contributed by atoms with Crippen LogP contribution in [0, 0.1) is 12.3 Å². The normalized spacial score (nSPS) is 16.8. The number of nitrogens with zero attached hydrogens (tertiary/aromatic N) is 3. The standard InChI is InChI=1S/C30H35N3O6S/c1-18-22-25(34)33(30(4,5)27(35)36)28(37)32(26(22)40-23(18)24-31-15-16-38-24)17-21(19-9-7-6-8-10-19)39-20-11-13-29(2,3)14-12-20/h6-10,15-16,20-21H,11-14,17H2,1-5H3,(H,35,36)/t21-/m0/s1. The van der Waals surface area contributed by atoms with Gasteiger partial charge in [-0.25, -0.2) is 19.1 Å². The monoisotopic (exact) mass is 565 g/mol. The lowest BCUT2D eigenvalue weighted by Crippen LogP contribution is -2.52. The van der Waals surface area contributed by atoms with Gasteiger partial charge in [0.1, 0.15) is 22.7 Å². The summed E-state index contributed by atoms with van der Waals surface area (Å²) in [5.74, 6) is -0.944. The van der Waals surface area contributed by atoms with Crippen molar-refractivity contribution < 1.29 is 19.1 Å². The molecule has 1 atom stereocenters. The molecule has 212 valence electrons. The first-order chi connectivity index (χ1) is 18.9. The van der Waals surface area contributed by atoms with Gasteiger partial charge in [-0.2, -0.15) is 0 Å². The molecule has 1 fully saturated rings. The second-order valence-corrected chi connectivity index (χ2v) is 12.9. The Morgan fingerprint density at radius 2 is 1.90 bits per heavy atom. The maximum absolute atomic E-state index is 14.1. The number of carboxylic acid groups (broad SMARTS) is 1. The van der Waals surface area contributed by atoms with Gasteiger partial charge in [-0.15, -0.1) is 11.3 Å². The van der Waals surface area contributed by atoms with E-state index in [0.29, 0.717) is 21.2 Å². The number of carboxylic acids is 1. The predicted octanol–water partition coefficient (Wildman–Crippen LogP) is 5.73. The van der Waals surface area contributed by atoms with E-state index in [0.717, 1.165) is 35.8 Å². The number of oxazole rings is 1. The summed E-state index contributed by atoms with van der Waals surface area (Å²) in [4.78, 5) is 45.4. The van der Waals surface area contributed by atoms with E-state index in [1.165, 1.54) is 42.2 Å². The topological polar surface area (TPSA) is 117 Å². The maximum atomic E-state index is 14.1. The van der Waals surface area contributed by atoms with Gasteiger partial charge < -0.3 is 14.3 Å². The van der Waals surface area contributed by atoms with Crippen molar-refractivity contribution in [1.29, 1.82) is 0 Å². The van der Waals surface area contributed by atoms with Crippen molar-refractivity contribution in [2.24, 2.45) is 5.41 Å². The van der Waals surface area contributed by atoms with Crippen molar-refractivity contribution in [2.45, 2.75) is 84.6 Å². The Morgan fingerprint density at radius 3 is 2.50 bits per heavy atom. The van der Waals surface area contributed by atoms with Crippen molar-refractivity contribution in [2.75, 3.05) is 0 Å². The molecule has 9 nitrogen and oxygen atoms in total. The summed E-state index contributed by atoms with van der Waals surface area (Å²) >= 11 is 1.24. The van der Waals surface area contributed by atoms with Crippen LogP contribution in [-0.4, -0.2) is 31.3 Å². The van der Waals surface area contributed by atoms with Gasteiger partial charge in [0.2, 0.25) is 5.89 Å². The Bertz CT molecular complexity index is 1640. The molecule has 0 bridgehead atoms. The zero-order chi connectivity index (χ0) is 28.8. The average Bonchev–Trinajstić information content (AvgIpc) is 3.55. The Labute approximate surface area is 236 Å². The minimum atomic E-state index is -1.78. The number of carbonyl (C=O) groups is 1. The lowest BCUT2D eigenvalue weighted by molar-refractivity contribution is -0.146. The fourth-order valence-electron chi connectivity index (χ4n) is 5.44. The number of benzene rings is 1. The second kappa shape index (κ2) is 10.5. The smallest absolute Gasteiger partial charge is 0.333 e. The van der Waals surface area contributed by atoms with Crippen LogP contribution in [0.15, 0.2) is 56.8 Å². The molecule has 0 unspecified atom stereocenters. The van der Waals surface area contributed by atoms with Gasteiger partial charge in [-0.3, -0.25) is 9.36 Å². The van der Waals surface area contributed by atoms with Crippen LogP contribution in [0.4, 0.5) is 0 Å². The highest BCUT2D eigenvalue weighted by molar-refractivity contribution is 7.22. The first-order valence-corrected chi connectivity index (χ1v) is 14.4. The Balaban J connectivity index is 1.69. The number of hydrogen-bond acceptors (Lipinski definition) is 7. The number of rotatable bonds is 8. The van der Waals surface area contributed by atoms with Gasteiger partial charge >= 0.3 is 11.7 Å². The third-order valence-electron chi connectivity index (χ3n) is 8.08. The van der Waals surface area contributed by atoms with Crippen LogP contribution >= 0.6 is 11.3 Å². The summed E-state index contributed by atoms with van der Waals surface area (Å²) in [5.41, 5.74) is -1.36. The molecule has 1 N–H and O–H groups in total. The number of aliphatic carboxylic acids is 1. The molecule has 1 aliphatic rings. The minimum absolute atomic E-state index is 0.0266. The molecule has 5 rings (SSSR count). The van der Waals surface area contributed by atoms with E-state index >= 15 is 0 Å². The quantitative estimate of drug-likeness (QED) is 0.290. The maximum Gasteiger partial charge on any atom is 0.333 e. The van der Waals surface area contributed by atoms with E-state index in [2.05, 4.69) is 18.8 Å². The number of ether oxygens (including phenoxy) is 1. The molecule has 0 aliphatic heterocycles. The van der Waals surface area contributed by atoms with Gasteiger partial charge in [-0.1, -0.05) is 44.2 Å². The zero-order valence-electron chi connectivity index (χ0n) is 23.5. The third kappa shape index (κ3) is 5.06. The summed E-state index contributed by atoms with van der Waals surface area (Å²) in [7, 11) is 0. The highest BCUT2D eigenvalue weighted by Crippen LogP contribution is 2.39. The molecule has 1 aromatic carbocycles. The predicted molar refractivity (Wildman–Crippen MR) is 154 cm³/mol. The highest BCUT2D eigenvalue weighted by Gasteiger charge is 2.36. The van der Waals surface area contributed by atoms with Gasteiger partial charge in [0.15, 0.2) is 0 Å². The second-order valence-electron chi connectivity index (χ2n) is 11.9. The molecule has 0 saturated heterocycles. The molecule has 4 aromatic rings. The summed E-state index contributed by atoms with van der Waals surface area (Å²) in [6.07, 6.45) is 6.43. The van der Waals surface area contributed by atoms with Crippen molar-refractivity contribution in [3.63, 3.8) is 0 Å². The van der Waals surface area contributed by atoms with E-state index in [1.54, 1.807) is 6.92 Å². The summed E-state index contributed by atoms with van der Waals surface area (Å²) in [5, 5.41) is 10.3. The molecular weight excluding hydrogens is 530 g/mol. The minimum Gasteiger partial charge on any atom is -0.480 e. The molecule has 3 heterocycles. The van der Waals surface area contributed by atoms with Crippen LogP contribution in [-0.2, 0) is 21.6 Å². The van der Waals surface area contributed by atoms with E-state index < -0.39 is 28.9 Å². The molecule has 0 amide bonds. The van der Waals surface area contributed by atoms with Crippen LogP contribution in [0.25, 0.3) is 21.0 Å². The van der Waals surface area contributed by atoms with E-state index in [4.69, 9.17) is 9.15 Å². The third-order valence-corrected chi connectivity index (χ3v) is 9.39. The van der Waals surface area contributed by atoms with Crippen molar-refractivity contribution in [3.8, 4) is 10.8 Å². The first kappa shape index (κ1) is 28.0. The van der Waals surface area contributed by atoms with Gasteiger partial charge in [-0.05, 0) is 63.0 Å². The summed E-state index contributed by atoms with van der Waals surface area (Å²) in [6.45, 7) is 9.14. The van der Waals surface area contributed by atoms with Gasteiger partial charge in [0.05, 0.1) is 29.1 Å². The molecule has 0 spiro atoms. The Kier molecular flexibility index (Phi) is 7.35. The molecule has 1 aliphatic carbocycles. The Hall–Kier alpha value is -3.50. The van der Waals surface area contributed by atoms with E-state index in [1.807, 2.05) is 30.3 Å². The van der Waals surface area contributed by atoms with Crippen molar-refractivity contribution in [3.05, 3.63) is 74.8 Å². The fraction of sp³-hybridized carbons (Fsp3) is 0.467. The largest absolute Gasteiger partial charge is 0.480 e. The van der Waals surface area contributed by atoms with Crippen molar-refractivity contribution in [1.82, 2.24) is 14.1 Å². The molecule has 40 heavy (non-hydrogen) atoms. The number of aromatic nitrogens is 3. The van der Waals surface area contributed by atoms with E-state index in [9.17, 15) is 19.5 Å². The molecule has 0 radical (unpaired) electrons. The van der Waals surface area contributed by atoms with Crippen LogP contribution in [0.3, 0.4) is 0 Å². The molecule has 1 saturated carbocycles. The highest BCUT2D eigenvalue weighted by atomic mass is 32.1. The van der Waals surface area contributed by atoms with Crippen LogP contribution in [0.2, 0.25) is 0 Å². The lowest BCUT2D eigenvalue weighted by Gasteiger charge is -2.36. The number of thiophene rings is 1. The number of aryl methyl sites for hydroxylation is 1. The number of hydrogen-bond donors (Lipinski definition) is 1. The molecule has 3 aromatic heterocycles. The van der Waals surface area contributed by atoms with Crippen LogP contribution in [0.5, 0.6) is 0 Å². The van der Waals surface area contributed by atoms with Crippen molar-refractivity contribution >= 4 is 27.5 Å². The van der Waals surface area contributed by atoms with E-state index in [-0.39, 0.29) is 23.4 Å². The zero-order valence-corrected chi connectivity index (χ0v) is 24.3. The average molecular weight is 566 g/mol. The van der Waals surface area contributed by atoms with Gasteiger partial charge in [0, 0.05) is 0 Å². The van der Waals surface area contributed by atoms with Crippen LogP contribution < -0.4 is 11.2 Å². The first-order valence-electron chi connectivity index (χ1n) is 13.5. The van der Waals surface area contributed by atoms with Gasteiger partial charge in [0.25, 0.3) is 5.56 Å². The lowest BCUT2D eigenvalue weighted by atomic mass is 9.76. The summed E-state index contributed by atoms with van der Waals surface area (Å²) < 4.78 is 14.6. The molecular formula is C30H35N3O6S.